The number of pyridine rings is 1. The summed E-state index contributed by atoms with van der Waals surface area (Å²) in [6.07, 6.45) is 5.86. The summed E-state index contributed by atoms with van der Waals surface area (Å²) in [6.45, 7) is 3.19. The number of aromatic nitrogens is 3. The smallest absolute Gasteiger partial charge is 0.160 e. The van der Waals surface area contributed by atoms with Crippen molar-refractivity contribution in [2.75, 3.05) is 12.1 Å². The lowest BCUT2D eigenvalue weighted by Gasteiger charge is -2.11. The molecule has 0 aliphatic heterocycles. The van der Waals surface area contributed by atoms with Crippen molar-refractivity contribution in [2.24, 2.45) is 0 Å². The summed E-state index contributed by atoms with van der Waals surface area (Å²) < 4.78 is 3.16. The van der Waals surface area contributed by atoms with Crippen LogP contribution >= 0.6 is 39.3 Å². The Balaban J connectivity index is 2.34. The van der Waals surface area contributed by atoms with E-state index >= 15 is 0 Å². The molecule has 2 heterocycles. The number of rotatable bonds is 6. The number of imidazole rings is 1. The van der Waals surface area contributed by atoms with Gasteiger partial charge in [0.15, 0.2) is 5.65 Å². The Kier molecular flexibility index (Phi) is 5.54. The van der Waals surface area contributed by atoms with Crippen LogP contribution < -0.4 is 0 Å². The molecule has 0 fully saturated rings. The number of hydrogen-bond acceptors (Lipinski definition) is 3. The van der Waals surface area contributed by atoms with E-state index in [1.54, 1.807) is 0 Å². The first kappa shape index (κ1) is 15.1. The van der Waals surface area contributed by atoms with Gasteiger partial charge in [0.05, 0.1) is 0 Å². The molecule has 0 spiro atoms. The number of halogens is 2. The number of thioether (sulfide) groups is 1. The Morgan fingerprint density at radius 2 is 2.32 bits per heavy atom. The number of alkyl halides is 1. The SMILES string of the molecule is CSC(C)CCn1c(CCCl)nc2cc(Br)cnc21. The predicted molar refractivity (Wildman–Crippen MR) is 87.2 cm³/mol. The van der Waals surface area contributed by atoms with Crippen LogP contribution in [-0.2, 0) is 13.0 Å². The van der Waals surface area contributed by atoms with Crippen LogP contribution in [0.15, 0.2) is 16.7 Å². The molecule has 6 heteroatoms. The van der Waals surface area contributed by atoms with Crippen molar-refractivity contribution in [3.63, 3.8) is 0 Å². The summed E-state index contributed by atoms with van der Waals surface area (Å²) in [5, 5.41) is 0.636. The highest BCUT2D eigenvalue weighted by Gasteiger charge is 2.12. The molecular formula is C13H17BrClN3S. The number of aryl methyl sites for hydroxylation is 2. The normalized spacial score (nSPS) is 13.1. The second kappa shape index (κ2) is 6.95. The molecule has 0 radical (unpaired) electrons. The molecule has 1 unspecified atom stereocenters. The molecule has 0 aliphatic carbocycles. The van der Waals surface area contributed by atoms with Crippen LogP contribution in [0.3, 0.4) is 0 Å². The van der Waals surface area contributed by atoms with Crippen molar-refractivity contribution in [3.8, 4) is 0 Å². The lowest BCUT2D eigenvalue weighted by atomic mass is 10.3. The number of hydrogen-bond donors (Lipinski definition) is 0. The van der Waals surface area contributed by atoms with E-state index in [4.69, 9.17) is 11.6 Å². The van der Waals surface area contributed by atoms with Crippen LogP contribution in [0, 0.1) is 0 Å². The molecule has 104 valence electrons. The maximum absolute atomic E-state index is 5.87. The van der Waals surface area contributed by atoms with E-state index in [0.717, 1.165) is 40.8 Å². The van der Waals surface area contributed by atoms with Crippen LogP contribution in [0.1, 0.15) is 19.2 Å². The monoisotopic (exact) mass is 361 g/mol. The largest absolute Gasteiger partial charge is 0.313 e. The molecule has 2 rings (SSSR count). The maximum atomic E-state index is 5.87. The predicted octanol–water partition coefficient (Wildman–Crippen LogP) is 4.12. The Morgan fingerprint density at radius 1 is 1.53 bits per heavy atom. The number of fused-ring (bicyclic) bond motifs is 1. The molecular weight excluding hydrogens is 346 g/mol. The van der Waals surface area contributed by atoms with Crippen molar-refractivity contribution in [1.82, 2.24) is 14.5 Å². The minimum atomic E-state index is 0.586. The van der Waals surface area contributed by atoms with E-state index < -0.39 is 0 Å². The van der Waals surface area contributed by atoms with Gasteiger partial charge in [-0.1, -0.05) is 6.92 Å². The topological polar surface area (TPSA) is 30.7 Å². The second-order valence-corrected chi connectivity index (χ2v) is 7.02. The van der Waals surface area contributed by atoms with Gasteiger partial charge in [-0.3, -0.25) is 0 Å². The molecule has 0 aromatic carbocycles. The molecule has 2 aromatic heterocycles. The lowest BCUT2D eigenvalue weighted by Crippen LogP contribution is -2.09. The van der Waals surface area contributed by atoms with Gasteiger partial charge >= 0.3 is 0 Å². The van der Waals surface area contributed by atoms with E-state index in [2.05, 4.69) is 43.6 Å². The van der Waals surface area contributed by atoms with Crippen LogP contribution in [0.25, 0.3) is 11.2 Å². The zero-order chi connectivity index (χ0) is 13.8. The highest BCUT2D eigenvalue weighted by Crippen LogP contribution is 2.21. The summed E-state index contributed by atoms with van der Waals surface area (Å²) in [7, 11) is 0. The summed E-state index contributed by atoms with van der Waals surface area (Å²) in [5.74, 6) is 1.62. The fraction of sp³-hybridized carbons (Fsp3) is 0.538. The average molecular weight is 363 g/mol. The average Bonchev–Trinajstić information content (AvgIpc) is 2.73. The quantitative estimate of drug-likeness (QED) is 0.724. The molecule has 0 amide bonds. The van der Waals surface area contributed by atoms with Gasteiger partial charge in [-0.25, -0.2) is 9.97 Å². The van der Waals surface area contributed by atoms with Crippen LogP contribution in [0.5, 0.6) is 0 Å². The first-order valence-electron chi connectivity index (χ1n) is 6.25. The van der Waals surface area contributed by atoms with Gasteiger partial charge < -0.3 is 4.57 Å². The first-order valence-corrected chi connectivity index (χ1v) is 8.86. The van der Waals surface area contributed by atoms with Gasteiger partial charge in [0.2, 0.25) is 0 Å². The van der Waals surface area contributed by atoms with Crippen molar-refractivity contribution < 1.29 is 0 Å². The maximum Gasteiger partial charge on any atom is 0.160 e. The standard InChI is InChI=1S/C13H17BrClN3S/c1-9(19-2)4-6-18-12(3-5-15)17-11-7-10(14)8-16-13(11)18/h7-9H,3-6H2,1-2H3. The lowest BCUT2D eigenvalue weighted by molar-refractivity contribution is 0.624. The van der Waals surface area contributed by atoms with E-state index in [0.29, 0.717) is 11.1 Å². The van der Waals surface area contributed by atoms with Crippen molar-refractivity contribution in [1.29, 1.82) is 0 Å². The van der Waals surface area contributed by atoms with Crippen LogP contribution in [0.4, 0.5) is 0 Å². The fourth-order valence-electron chi connectivity index (χ4n) is 1.97. The fourth-order valence-corrected chi connectivity index (χ4v) is 2.80. The second-order valence-electron chi connectivity index (χ2n) is 4.45. The molecule has 2 aromatic rings. The minimum Gasteiger partial charge on any atom is -0.313 e. The zero-order valence-corrected chi connectivity index (χ0v) is 14.2. The third kappa shape index (κ3) is 3.64. The third-order valence-corrected chi connectivity index (χ3v) is 4.77. The van der Waals surface area contributed by atoms with Gasteiger partial charge in [-0.05, 0) is 34.7 Å². The Labute approximate surface area is 131 Å². The molecule has 3 nitrogen and oxygen atoms in total. The zero-order valence-electron chi connectivity index (χ0n) is 11.1. The Bertz CT molecular complexity index is 558. The van der Waals surface area contributed by atoms with Crippen molar-refractivity contribution in [2.45, 2.75) is 31.6 Å². The number of nitrogens with zero attached hydrogens (tertiary/aromatic N) is 3. The van der Waals surface area contributed by atoms with Gasteiger partial charge in [-0.2, -0.15) is 11.8 Å². The van der Waals surface area contributed by atoms with E-state index in [1.165, 1.54) is 0 Å². The molecule has 0 N–H and O–H groups in total. The highest BCUT2D eigenvalue weighted by molar-refractivity contribution is 9.10. The van der Waals surface area contributed by atoms with E-state index in [-0.39, 0.29) is 0 Å². The molecule has 0 saturated heterocycles. The Morgan fingerprint density at radius 3 is 3.00 bits per heavy atom. The van der Waals surface area contributed by atoms with Gasteiger partial charge in [0, 0.05) is 34.8 Å². The van der Waals surface area contributed by atoms with Crippen LogP contribution in [-0.4, -0.2) is 31.9 Å². The van der Waals surface area contributed by atoms with Crippen LogP contribution in [0.2, 0.25) is 0 Å². The van der Waals surface area contributed by atoms with Crippen molar-refractivity contribution >= 4 is 50.5 Å². The molecule has 19 heavy (non-hydrogen) atoms. The molecule has 0 aliphatic rings. The van der Waals surface area contributed by atoms with Gasteiger partial charge in [-0.15, -0.1) is 11.6 Å². The van der Waals surface area contributed by atoms with E-state index in [1.807, 2.05) is 24.0 Å². The summed E-state index contributed by atoms with van der Waals surface area (Å²) in [6, 6.07) is 2.01. The summed E-state index contributed by atoms with van der Waals surface area (Å²) in [4.78, 5) is 9.14. The summed E-state index contributed by atoms with van der Waals surface area (Å²) >= 11 is 11.2. The molecule has 0 bridgehead atoms. The van der Waals surface area contributed by atoms with E-state index in [9.17, 15) is 0 Å². The van der Waals surface area contributed by atoms with Gasteiger partial charge in [0.25, 0.3) is 0 Å². The Hall–Kier alpha value is -0.260. The minimum absolute atomic E-state index is 0.586. The third-order valence-electron chi connectivity index (χ3n) is 3.11. The molecule has 1 atom stereocenters. The first-order chi connectivity index (χ1) is 9.15. The highest BCUT2D eigenvalue weighted by atomic mass is 79.9. The van der Waals surface area contributed by atoms with Gasteiger partial charge in [0.1, 0.15) is 11.3 Å². The van der Waals surface area contributed by atoms with Crippen molar-refractivity contribution in [3.05, 3.63) is 22.6 Å². The molecule has 0 saturated carbocycles. The summed E-state index contributed by atoms with van der Waals surface area (Å²) in [5.41, 5.74) is 1.89.